The maximum Gasteiger partial charge on any atom is 0.242 e. The number of anilines is 1. The van der Waals surface area contributed by atoms with Gasteiger partial charge in [0.15, 0.2) is 0 Å². The summed E-state index contributed by atoms with van der Waals surface area (Å²) >= 11 is 3.31. The zero-order valence-corrected chi connectivity index (χ0v) is 11.9. The summed E-state index contributed by atoms with van der Waals surface area (Å²) in [6, 6.07) is 3.42. The number of rotatable bonds is 3. The first-order chi connectivity index (χ1) is 9.13. The Kier molecular flexibility index (Phi) is 3.54. The molecule has 1 saturated carbocycles. The van der Waals surface area contributed by atoms with Crippen molar-refractivity contribution in [1.82, 2.24) is 10.3 Å². The molecule has 1 aromatic heterocycles. The molecule has 2 unspecified atom stereocenters. The Balaban J connectivity index is 1.75. The summed E-state index contributed by atoms with van der Waals surface area (Å²) in [5.74, 6) is 0.903. The van der Waals surface area contributed by atoms with Gasteiger partial charge in [0, 0.05) is 13.0 Å². The van der Waals surface area contributed by atoms with Crippen molar-refractivity contribution in [1.29, 1.82) is 0 Å². The summed E-state index contributed by atoms with van der Waals surface area (Å²) in [5.41, 5.74) is 1.08. The minimum Gasteiger partial charge on any atom is -0.309 e. The third-order valence-corrected chi connectivity index (χ3v) is 3.99. The Hall–Kier alpha value is -1.01. The van der Waals surface area contributed by atoms with Gasteiger partial charge in [0.1, 0.15) is 16.6 Å². The van der Waals surface area contributed by atoms with Gasteiger partial charge >= 0.3 is 0 Å². The first-order valence-electron chi connectivity index (χ1n) is 6.48. The van der Waals surface area contributed by atoms with Crippen LogP contribution in [-0.4, -0.2) is 29.6 Å². The van der Waals surface area contributed by atoms with Crippen LogP contribution in [-0.2, 0) is 4.79 Å². The second-order valence-corrected chi connectivity index (χ2v) is 5.94. The molecule has 1 aromatic rings. The zero-order chi connectivity index (χ0) is 13.4. The number of nitrogens with one attached hydrogen (secondary N) is 2. The average Bonchev–Trinajstić information content (AvgIpc) is 3.11. The molecule has 19 heavy (non-hydrogen) atoms. The van der Waals surface area contributed by atoms with Crippen LogP contribution in [0.15, 0.2) is 16.7 Å². The predicted octanol–water partition coefficient (Wildman–Crippen LogP) is 2.36. The molecule has 3 rings (SSSR count). The number of hydrogen-bond acceptors (Lipinski definition) is 3. The van der Waals surface area contributed by atoms with Crippen molar-refractivity contribution in [3.05, 3.63) is 22.3 Å². The van der Waals surface area contributed by atoms with Crippen molar-refractivity contribution in [3.63, 3.8) is 0 Å². The van der Waals surface area contributed by atoms with Gasteiger partial charge in [0.25, 0.3) is 0 Å². The number of carbonyl (C=O) groups excluding carboxylic acids is 1. The number of amides is 1. The molecule has 102 valence electrons. The average molecular weight is 328 g/mol. The molecule has 2 heterocycles. The molecular weight excluding hydrogens is 313 g/mol. The van der Waals surface area contributed by atoms with Gasteiger partial charge in [0.2, 0.25) is 5.91 Å². The van der Waals surface area contributed by atoms with E-state index in [1.165, 1.54) is 0 Å². The molecule has 1 aliphatic carbocycles. The van der Waals surface area contributed by atoms with E-state index in [4.69, 9.17) is 0 Å². The van der Waals surface area contributed by atoms with E-state index in [1.807, 2.05) is 12.1 Å². The highest BCUT2D eigenvalue weighted by molar-refractivity contribution is 9.10. The smallest absolute Gasteiger partial charge is 0.242 e. The summed E-state index contributed by atoms with van der Waals surface area (Å²) in [4.78, 5) is 16.4. The number of pyridine rings is 1. The van der Waals surface area contributed by atoms with Crippen molar-refractivity contribution < 1.29 is 9.18 Å². The maximum absolute atomic E-state index is 13.1. The summed E-state index contributed by atoms with van der Waals surface area (Å²) < 4.78 is 13.8. The number of hydrogen-bond donors (Lipinski definition) is 2. The predicted molar refractivity (Wildman–Crippen MR) is 73.8 cm³/mol. The van der Waals surface area contributed by atoms with Crippen LogP contribution in [0.5, 0.6) is 0 Å². The van der Waals surface area contributed by atoms with E-state index in [9.17, 15) is 9.18 Å². The Morgan fingerprint density at radius 3 is 2.89 bits per heavy atom. The summed E-state index contributed by atoms with van der Waals surface area (Å²) in [6.45, 7) is 0.249. The van der Waals surface area contributed by atoms with Crippen molar-refractivity contribution in [3.8, 4) is 0 Å². The van der Waals surface area contributed by atoms with Gasteiger partial charge < -0.3 is 10.6 Å². The first kappa shape index (κ1) is 13.0. The molecule has 2 atom stereocenters. The number of nitrogens with zero attached hydrogens (tertiary/aromatic N) is 1. The molecule has 0 bridgehead atoms. The summed E-state index contributed by atoms with van der Waals surface area (Å²) in [6.07, 6.45) is 1.58. The highest BCUT2D eigenvalue weighted by Gasteiger charge is 2.31. The van der Waals surface area contributed by atoms with Gasteiger partial charge in [-0.2, -0.15) is 0 Å². The third kappa shape index (κ3) is 2.95. The molecule has 2 N–H and O–H groups in total. The summed E-state index contributed by atoms with van der Waals surface area (Å²) in [5, 5.41) is 5.70. The molecule has 0 aromatic carbocycles. The molecule has 0 spiro atoms. The highest BCUT2D eigenvalue weighted by Crippen LogP contribution is 2.43. The van der Waals surface area contributed by atoms with Crippen LogP contribution in [0, 0.1) is 0 Å². The topological polar surface area (TPSA) is 54.0 Å². The lowest BCUT2D eigenvalue weighted by molar-refractivity contribution is -0.117. The van der Waals surface area contributed by atoms with Crippen molar-refractivity contribution in [2.75, 3.05) is 11.9 Å². The van der Waals surface area contributed by atoms with Gasteiger partial charge in [-0.3, -0.25) is 4.79 Å². The van der Waals surface area contributed by atoms with E-state index in [0.717, 1.165) is 18.4 Å². The van der Waals surface area contributed by atoms with E-state index in [-0.39, 0.29) is 18.9 Å². The second kappa shape index (κ2) is 5.17. The Morgan fingerprint density at radius 2 is 2.26 bits per heavy atom. The van der Waals surface area contributed by atoms with E-state index < -0.39 is 12.2 Å². The lowest BCUT2D eigenvalue weighted by Gasteiger charge is -2.13. The number of carbonyl (C=O) groups is 1. The summed E-state index contributed by atoms with van der Waals surface area (Å²) in [7, 11) is 0. The van der Waals surface area contributed by atoms with E-state index >= 15 is 0 Å². The van der Waals surface area contributed by atoms with Crippen LogP contribution in [0.1, 0.15) is 30.7 Å². The van der Waals surface area contributed by atoms with E-state index in [0.29, 0.717) is 16.3 Å². The van der Waals surface area contributed by atoms with Gasteiger partial charge in [-0.25, -0.2) is 9.37 Å². The Morgan fingerprint density at radius 1 is 1.47 bits per heavy atom. The second-order valence-electron chi connectivity index (χ2n) is 5.13. The molecule has 6 heteroatoms. The van der Waals surface area contributed by atoms with Gasteiger partial charge in [-0.1, -0.05) is 6.07 Å². The number of halogens is 2. The van der Waals surface area contributed by atoms with Crippen LogP contribution in [0.3, 0.4) is 0 Å². The minimum atomic E-state index is -0.936. The van der Waals surface area contributed by atoms with Gasteiger partial charge in [0.05, 0.1) is 6.04 Å². The molecule has 0 radical (unpaired) electrons. The highest BCUT2D eigenvalue weighted by atomic mass is 79.9. The minimum absolute atomic E-state index is 0.201. The van der Waals surface area contributed by atoms with Crippen LogP contribution < -0.4 is 10.6 Å². The lowest BCUT2D eigenvalue weighted by Crippen LogP contribution is -2.36. The zero-order valence-electron chi connectivity index (χ0n) is 10.3. The van der Waals surface area contributed by atoms with Crippen LogP contribution in [0.2, 0.25) is 0 Å². The van der Waals surface area contributed by atoms with Crippen molar-refractivity contribution in [2.24, 2.45) is 0 Å². The van der Waals surface area contributed by atoms with Crippen LogP contribution in [0.25, 0.3) is 0 Å². The lowest BCUT2D eigenvalue weighted by atomic mass is 10.1. The van der Waals surface area contributed by atoms with E-state index in [1.54, 1.807) is 0 Å². The number of aromatic nitrogens is 1. The molecule has 1 amide bonds. The quantitative estimate of drug-likeness (QED) is 0.838. The van der Waals surface area contributed by atoms with Crippen LogP contribution in [0.4, 0.5) is 10.2 Å². The normalized spacial score (nSPS) is 26.4. The first-order valence-corrected chi connectivity index (χ1v) is 7.27. The third-order valence-electron chi connectivity index (χ3n) is 3.54. The molecule has 1 saturated heterocycles. The molecular formula is C13H15BrFN3O. The SMILES string of the molecule is O=C(Nc1nc(Br)ccc1C1CC1)C1CC(F)CN1. The molecule has 1 aliphatic heterocycles. The monoisotopic (exact) mass is 327 g/mol. The van der Waals surface area contributed by atoms with E-state index in [2.05, 4.69) is 31.5 Å². The molecule has 2 aliphatic rings. The van der Waals surface area contributed by atoms with Gasteiger partial charge in [-0.15, -0.1) is 0 Å². The Bertz CT molecular complexity index is 507. The molecule has 4 nitrogen and oxygen atoms in total. The van der Waals surface area contributed by atoms with Crippen LogP contribution >= 0.6 is 15.9 Å². The van der Waals surface area contributed by atoms with Crippen molar-refractivity contribution in [2.45, 2.75) is 37.4 Å². The standard InChI is InChI=1S/C13H15BrFN3O/c14-11-4-3-9(7-1-2-7)12(17-11)18-13(19)10-5-8(15)6-16-10/h3-4,7-8,10,16H,1-2,5-6H2,(H,17,18,19). The molecule has 2 fully saturated rings. The van der Waals surface area contributed by atoms with Gasteiger partial charge in [-0.05, 0) is 46.3 Å². The number of alkyl halides is 1. The van der Waals surface area contributed by atoms with Crippen molar-refractivity contribution >= 4 is 27.7 Å². The Labute approximate surface area is 119 Å². The maximum atomic E-state index is 13.1. The fourth-order valence-electron chi connectivity index (χ4n) is 2.37. The fourth-order valence-corrected chi connectivity index (χ4v) is 2.68. The largest absolute Gasteiger partial charge is 0.309 e. The fraction of sp³-hybridized carbons (Fsp3) is 0.538.